The highest BCUT2D eigenvalue weighted by atomic mass is 28.3. The monoisotopic (exact) mass is 866 g/mol. The largest absolute Gasteiger partial charge is 0.478 e. The summed E-state index contributed by atoms with van der Waals surface area (Å²) in [4.78, 5) is 41.6. The summed E-state index contributed by atoms with van der Waals surface area (Å²) in [5.74, 6) is -1.78. The summed E-state index contributed by atoms with van der Waals surface area (Å²) in [5.41, 5.74) is 5.60. The number of carbonyl (C=O) groups is 2. The van der Waals surface area contributed by atoms with E-state index in [1.54, 1.807) is 63.3 Å². The third kappa shape index (κ3) is 9.49. The number of aromatic nitrogens is 10. The molecule has 0 atom stereocenters. The van der Waals surface area contributed by atoms with Gasteiger partial charge in [-0.2, -0.15) is 10.2 Å². The third-order valence-electron chi connectivity index (χ3n) is 10.1. The van der Waals surface area contributed by atoms with Gasteiger partial charge in [-0.1, -0.05) is 39.3 Å². The highest BCUT2D eigenvalue weighted by molar-refractivity contribution is 6.76. The fourth-order valence-electron chi connectivity index (χ4n) is 6.72. The molecule has 15 nitrogen and oxygen atoms in total. The van der Waals surface area contributed by atoms with Crippen molar-refractivity contribution in [1.29, 1.82) is 0 Å². The van der Waals surface area contributed by atoms with E-state index in [2.05, 4.69) is 69.4 Å². The van der Waals surface area contributed by atoms with Gasteiger partial charge < -0.3 is 23.7 Å². The number of aromatic carboxylic acids is 1. The molecule has 8 rings (SSSR count). The van der Waals surface area contributed by atoms with E-state index < -0.39 is 22.1 Å². The molecule has 61 heavy (non-hydrogen) atoms. The van der Waals surface area contributed by atoms with Crippen molar-refractivity contribution in [3.63, 3.8) is 0 Å². The molecule has 0 radical (unpaired) electrons. The fourth-order valence-corrected chi connectivity index (χ4v) is 8.23. The Morgan fingerprint density at radius 2 is 1.18 bits per heavy atom. The van der Waals surface area contributed by atoms with Crippen LogP contribution in [-0.4, -0.2) is 95.4 Å². The van der Waals surface area contributed by atoms with Gasteiger partial charge >= 0.3 is 5.97 Å². The molecule has 0 aliphatic heterocycles. The molecule has 0 unspecified atom stereocenters. The van der Waals surface area contributed by atoms with Crippen LogP contribution in [0.3, 0.4) is 0 Å². The fraction of sp³-hybridized carbons (Fsp3) is 0.333. The Hall–Kier alpha value is -6.03. The molecule has 0 aliphatic rings. The smallest absolute Gasteiger partial charge is 0.339 e. The van der Waals surface area contributed by atoms with E-state index >= 15 is 0 Å². The predicted molar refractivity (Wildman–Crippen MR) is 235 cm³/mol. The van der Waals surface area contributed by atoms with Crippen molar-refractivity contribution in [2.45, 2.75) is 64.8 Å². The second-order valence-electron chi connectivity index (χ2n) is 17.3. The van der Waals surface area contributed by atoms with Gasteiger partial charge in [-0.15, -0.1) is 0 Å². The first-order valence-corrected chi connectivity index (χ1v) is 27.1. The van der Waals surface area contributed by atoms with Crippen LogP contribution in [0.2, 0.25) is 51.4 Å². The molecule has 0 fully saturated rings. The standard InChI is InChI=1S/C21H24FN5O3Si.C21H24FN5O2Si/c1-26-17-9-13(22)5-6-14(17)18(25-26)16-10-23-20-19(24-16)15(21(28)29)11-27(20)12-30-7-8-31(2,3)4;1-26-18-9-15(22)5-6-16(18)20(25-26)17-10-23-21-19(24-17)14(12-28)11-27(21)13-29-7-8-30(2,3)4/h5-6,9-11H,7-8,12H2,1-4H3,(H,28,29);5-6,9-12H,7-8,13H2,1-4H3. The van der Waals surface area contributed by atoms with Crippen LogP contribution in [0.4, 0.5) is 8.78 Å². The minimum atomic E-state index is -1.22. The number of carboxylic acid groups (broad SMARTS) is 1. The SMILES string of the molecule is Cn1nc(-c2cnc3c(n2)c(C(=O)O)cn3COCC[Si](C)(C)C)c2ccc(F)cc21.Cn1nc(-c2cnc3c(n2)c(C=O)cn3COCC[Si](C)(C)C)c2ccc(F)cc21. The van der Waals surface area contributed by atoms with E-state index in [4.69, 9.17) is 9.47 Å². The lowest BCUT2D eigenvalue weighted by atomic mass is 10.1. The van der Waals surface area contributed by atoms with Crippen LogP contribution in [0.1, 0.15) is 20.7 Å². The number of rotatable bonds is 14. The average Bonchev–Trinajstić information content (AvgIpc) is 3.94. The normalized spacial score (nSPS) is 12.2. The molecule has 0 saturated carbocycles. The molecule has 8 aromatic rings. The highest BCUT2D eigenvalue weighted by Crippen LogP contribution is 2.30. The Bertz CT molecular complexity index is 2930. The van der Waals surface area contributed by atoms with Crippen LogP contribution in [0.15, 0.2) is 61.2 Å². The van der Waals surface area contributed by atoms with Gasteiger partial charge in [0, 0.05) is 66.6 Å². The zero-order valence-electron chi connectivity index (χ0n) is 35.4. The first-order valence-electron chi connectivity index (χ1n) is 19.7. The molecule has 2 aromatic carbocycles. The number of hydrogen-bond donors (Lipinski definition) is 1. The van der Waals surface area contributed by atoms with Gasteiger partial charge in [-0.25, -0.2) is 33.5 Å². The lowest BCUT2D eigenvalue weighted by molar-refractivity contribution is 0.0695. The Labute approximate surface area is 352 Å². The van der Waals surface area contributed by atoms with E-state index in [0.29, 0.717) is 81.5 Å². The van der Waals surface area contributed by atoms with Crippen molar-refractivity contribution < 1.29 is 33.0 Å². The number of carboxylic acids is 1. The van der Waals surface area contributed by atoms with E-state index in [1.165, 1.54) is 30.5 Å². The Kier molecular flexibility index (Phi) is 12.1. The van der Waals surface area contributed by atoms with Crippen LogP contribution in [0, 0.1) is 11.6 Å². The molecule has 0 amide bonds. The summed E-state index contributed by atoms with van der Waals surface area (Å²) < 4.78 is 45.4. The van der Waals surface area contributed by atoms with Crippen molar-refractivity contribution >= 4 is 72.5 Å². The maximum absolute atomic E-state index is 13.6. The van der Waals surface area contributed by atoms with E-state index in [9.17, 15) is 23.5 Å². The summed E-state index contributed by atoms with van der Waals surface area (Å²) in [6, 6.07) is 11.0. The van der Waals surface area contributed by atoms with Crippen molar-refractivity contribution in [3.05, 3.63) is 83.9 Å². The molecule has 6 aromatic heterocycles. The third-order valence-corrected chi connectivity index (χ3v) is 13.5. The Morgan fingerprint density at radius 1 is 0.721 bits per heavy atom. The number of benzene rings is 2. The van der Waals surface area contributed by atoms with Gasteiger partial charge in [-0.3, -0.25) is 14.2 Å². The molecule has 0 spiro atoms. The topological polar surface area (TPSA) is 170 Å². The summed E-state index contributed by atoms with van der Waals surface area (Å²) in [6.07, 6.45) is 7.16. The van der Waals surface area contributed by atoms with Gasteiger partial charge in [-0.05, 0) is 48.5 Å². The molecule has 6 heterocycles. The quantitative estimate of drug-likeness (QED) is 0.0633. The molecule has 318 valence electrons. The number of hydrogen-bond acceptors (Lipinski definition) is 10. The first kappa shape index (κ1) is 43.1. The molecule has 19 heteroatoms. The van der Waals surface area contributed by atoms with E-state index in [1.807, 2.05) is 0 Å². The average molecular weight is 867 g/mol. The number of ether oxygens (including phenoxy) is 2. The second kappa shape index (κ2) is 17.2. The van der Waals surface area contributed by atoms with Crippen LogP contribution >= 0.6 is 0 Å². The van der Waals surface area contributed by atoms with E-state index in [-0.39, 0.29) is 29.4 Å². The molecule has 1 N–H and O–H groups in total. The number of fused-ring (bicyclic) bond motifs is 4. The second-order valence-corrected chi connectivity index (χ2v) is 28.6. The lowest BCUT2D eigenvalue weighted by Crippen LogP contribution is -2.22. The van der Waals surface area contributed by atoms with Gasteiger partial charge in [0.15, 0.2) is 17.6 Å². The number of halogens is 2. The zero-order valence-corrected chi connectivity index (χ0v) is 37.4. The summed E-state index contributed by atoms with van der Waals surface area (Å²) in [7, 11) is 1.08. The maximum Gasteiger partial charge on any atom is 0.339 e. The van der Waals surface area contributed by atoms with Crippen molar-refractivity contribution in [3.8, 4) is 22.8 Å². The summed E-state index contributed by atoms with van der Waals surface area (Å²) >= 11 is 0. The van der Waals surface area contributed by atoms with Gasteiger partial charge in [0.05, 0.1) is 29.0 Å². The Balaban J connectivity index is 0.000000184. The molecule has 0 aliphatic carbocycles. The van der Waals surface area contributed by atoms with Crippen molar-refractivity contribution in [1.82, 2.24) is 48.6 Å². The Morgan fingerprint density at radius 3 is 1.64 bits per heavy atom. The number of aldehydes is 1. The van der Waals surface area contributed by atoms with Crippen LogP contribution in [0.5, 0.6) is 0 Å². The molecule has 0 bridgehead atoms. The summed E-state index contributed by atoms with van der Waals surface area (Å²) in [6.45, 7) is 15.5. The van der Waals surface area contributed by atoms with Gasteiger partial charge in [0.25, 0.3) is 0 Å². The highest BCUT2D eigenvalue weighted by Gasteiger charge is 2.22. The number of aryl methyl sites for hydroxylation is 2. The minimum absolute atomic E-state index is 0.0458. The first-order chi connectivity index (χ1) is 28.9. The number of carbonyl (C=O) groups excluding carboxylic acids is 1. The zero-order chi connectivity index (χ0) is 43.8. The van der Waals surface area contributed by atoms with Crippen molar-refractivity contribution in [2.75, 3.05) is 13.2 Å². The van der Waals surface area contributed by atoms with E-state index in [0.717, 1.165) is 23.8 Å². The van der Waals surface area contributed by atoms with Crippen molar-refractivity contribution in [2.24, 2.45) is 14.1 Å². The number of nitrogens with zero attached hydrogens (tertiary/aromatic N) is 10. The lowest BCUT2D eigenvalue weighted by Gasteiger charge is -2.15. The molecular weight excluding hydrogens is 819 g/mol. The minimum Gasteiger partial charge on any atom is -0.478 e. The predicted octanol–water partition coefficient (Wildman–Crippen LogP) is 8.38. The van der Waals surface area contributed by atoms with Gasteiger partial charge in [0.2, 0.25) is 0 Å². The summed E-state index contributed by atoms with van der Waals surface area (Å²) in [5, 5.41) is 20.1. The van der Waals surface area contributed by atoms with Crippen LogP contribution in [-0.2, 0) is 37.0 Å². The van der Waals surface area contributed by atoms with Gasteiger partial charge in [0.1, 0.15) is 64.5 Å². The maximum atomic E-state index is 13.6. The van der Waals surface area contributed by atoms with Crippen LogP contribution < -0.4 is 0 Å². The molecule has 0 saturated heterocycles. The van der Waals surface area contributed by atoms with Crippen LogP contribution in [0.25, 0.3) is 66.9 Å². The molecular formula is C42H48F2N10O5Si2.